The minimum absolute atomic E-state index is 0. The summed E-state index contributed by atoms with van der Waals surface area (Å²) in [4.78, 5) is 14.7. The molecule has 0 aromatic heterocycles. The third kappa shape index (κ3) is 9.46. The maximum absolute atomic E-state index is 10.6. The molecular formula is C16H25IN4O3. The average Bonchev–Trinajstić information content (AvgIpc) is 2.53. The molecule has 0 atom stereocenters. The number of methoxy groups -OCH3 is 1. The van der Waals surface area contributed by atoms with Crippen molar-refractivity contribution in [1.82, 2.24) is 10.6 Å². The molecule has 0 radical (unpaired) electrons. The van der Waals surface area contributed by atoms with Crippen molar-refractivity contribution in [3.8, 4) is 0 Å². The van der Waals surface area contributed by atoms with Crippen LogP contribution >= 0.6 is 24.0 Å². The topological polar surface area (TPSA) is 88.8 Å². The Balaban J connectivity index is 0.00000529. The van der Waals surface area contributed by atoms with E-state index in [4.69, 9.17) is 4.74 Å². The van der Waals surface area contributed by atoms with Crippen LogP contribution in [0.25, 0.3) is 0 Å². The number of rotatable bonds is 9. The minimum Gasteiger partial charge on any atom is -0.385 e. The molecule has 0 spiro atoms. The molecule has 0 aliphatic carbocycles. The van der Waals surface area contributed by atoms with Gasteiger partial charge in [-0.2, -0.15) is 0 Å². The highest BCUT2D eigenvalue weighted by atomic mass is 127. The summed E-state index contributed by atoms with van der Waals surface area (Å²) in [6, 6.07) is 6.39. The van der Waals surface area contributed by atoms with E-state index in [9.17, 15) is 10.1 Å². The molecule has 1 aromatic carbocycles. The van der Waals surface area contributed by atoms with Gasteiger partial charge >= 0.3 is 0 Å². The van der Waals surface area contributed by atoms with Crippen LogP contribution in [0.1, 0.15) is 18.9 Å². The Kier molecular flexibility index (Phi) is 11.8. The van der Waals surface area contributed by atoms with Crippen LogP contribution in [-0.2, 0) is 11.3 Å². The molecule has 7 nitrogen and oxygen atoms in total. The SMILES string of the molecule is C=C(C)CNC(=NCc1ccc([N+](=O)[O-])cc1)NCCCOC.I. The zero-order valence-electron chi connectivity index (χ0n) is 14.1. The van der Waals surface area contributed by atoms with Gasteiger partial charge in [-0.05, 0) is 18.9 Å². The molecule has 0 aliphatic heterocycles. The van der Waals surface area contributed by atoms with E-state index in [1.54, 1.807) is 19.2 Å². The van der Waals surface area contributed by atoms with E-state index < -0.39 is 4.92 Å². The number of nitrogens with one attached hydrogen (secondary N) is 2. The van der Waals surface area contributed by atoms with E-state index >= 15 is 0 Å². The maximum Gasteiger partial charge on any atom is 0.269 e. The lowest BCUT2D eigenvalue weighted by Gasteiger charge is -2.12. The van der Waals surface area contributed by atoms with Crippen LogP contribution in [0.3, 0.4) is 0 Å². The quantitative estimate of drug-likeness (QED) is 0.115. The monoisotopic (exact) mass is 448 g/mol. The normalized spacial score (nSPS) is 10.7. The summed E-state index contributed by atoms with van der Waals surface area (Å²) in [7, 11) is 1.67. The lowest BCUT2D eigenvalue weighted by molar-refractivity contribution is -0.384. The van der Waals surface area contributed by atoms with Crippen LogP contribution in [0.15, 0.2) is 41.4 Å². The number of nitro benzene ring substituents is 1. The zero-order chi connectivity index (χ0) is 17.1. The molecule has 24 heavy (non-hydrogen) atoms. The highest BCUT2D eigenvalue weighted by molar-refractivity contribution is 14.0. The van der Waals surface area contributed by atoms with E-state index in [1.807, 2.05) is 6.92 Å². The molecule has 0 aliphatic rings. The van der Waals surface area contributed by atoms with Crippen LogP contribution in [0, 0.1) is 10.1 Å². The smallest absolute Gasteiger partial charge is 0.269 e. The van der Waals surface area contributed by atoms with E-state index in [2.05, 4.69) is 22.2 Å². The highest BCUT2D eigenvalue weighted by Gasteiger charge is 2.04. The number of guanidine groups is 1. The van der Waals surface area contributed by atoms with Gasteiger partial charge in [0.15, 0.2) is 5.96 Å². The molecule has 1 aromatic rings. The van der Waals surface area contributed by atoms with Crippen molar-refractivity contribution in [1.29, 1.82) is 0 Å². The lowest BCUT2D eigenvalue weighted by Crippen LogP contribution is -2.38. The molecular weight excluding hydrogens is 423 g/mol. The Bertz CT molecular complexity index is 547. The molecule has 0 unspecified atom stereocenters. The first-order valence-electron chi connectivity index (χ1n) is 7.41. The fourth-order valence-corrected chi connectivity index (χ4v) is 1.73. The summed E-state index contributed by atoms with van der Waals surface area (Å²) in [5.74, 6) is 0.683. The first kappa shape index (κ1) is 22.3. The molecule has 0 saturated carbocycles. The van der Waals surface area contributed by atoms with Crippen molar-refractivity contribution in [2.24, 2.45) is 4.99 Å². The third-order valence-electron chi connectivity index (χ3n) is 2.94. The minimum atomic E-state index is -0.412. The molecule has 0 fully saturated rings. The van der Waals surface area contributed by atoms with Gasteiger partial charge in [-0.3, -0.25) is 10.1 Å². The Morgan fingerprint density at radius 2 is 2.00 bits per heavy atom. The van der Waals surface area contributed by atoms with Gasteiger partial charge in [0.1, 0.15) is 0 Å². The van der Waals surface area contributed by atoms with E-state index in [-0.39, 0.29) is 29.7 Å². The number of hydrogen-bond acceptors (Lipinski definition) is 4. The second kappa shape index (κ2) is 12.7. The summed E-state index contributed by atoms with van der Waals surface area (Å²) >= 11 is 0. The number of hydrogen-bond donors (Lipinski definition) is 2. The summed E-state index contributed by atoms with van der Waals surface area (Å²) in [6.45, 7) is 8.29. The number of non-ortho nitro benzene ring substituents is 1. The average molecular weight is 448 g/mol. The Hall–Kier alpha value is -1.68. The fourth-order valence-electron chi connectivity index (χ4n) is 1.73. The Morgan fingerprint density at radius 1 is 1.33 bits per heavy atom. The molecule has 0 amide bonds. The number of nitrogens with zero attached hydrogens (tertiary/aromatic N) is 2. The summed E-state index contributed by atoms with van der Waals surface area (Å²) in [6.07, 6.45) is 0.877. The number of aliphatic imine (C=N–C) groups is 1. The van der Waals surface area contributed by atoms with Gasteiger partial charge in [0.25, 0.3) is 5.69 Å². The van der Waals surface area contributed by atoms with Crippen LogP contribution in [0.5, 0.6) is 0 Å². The van der Waals surface area contributed by atoms with Crippen LogP contribution < -0.4 is 10.6 Å². The van der Waals surface area contributed by atoms with Gasteiger partial charge in [0.2, 0.25) is 0 Å². The standard InChI is InChI=1S/C16H24N4O3.HI/c1-13(2)11-18-16(17-9-4-10-23-3)19-12-14-5-7-15(8-6-14)20(21)22;/h5-8H,1,4,9-12H2,2-3H3,(H2,17,18,19);1H. The molecule has 1 rings (SSSR count). The second-order valence-electron chi connectivity index (χ2n) is 5.17. The van der Waals surface area contributed by atoms with E-state index in [1.165, 1.54) is 12.1 Å². The molecule has 8 heteroatoms. The predicted molar refractivity (Wildman–Crippen MR) is 107 cm³/mol. The molecule has 0 heterocycles. The molecule has 0 saturated heterocycles. The van der Waals surface area contributed by atoms with Gasteiger partial charge in [0, 0.05) is 38.9 Å². The van der Waals surface area contributed by atoms with E-state index in [0.717, 1.165) is 24.1 Å². The highest BCUT2D eigenvalue weighted by Crippen LogP contribution is 2.12. The molecule has 0 bridgehead atoms. The van der Waals surface area contributed by atoms with Crippen molar-refractivity contribution >= 4 is 35.6 Å². The van der Waals surface area contributed by atoms with Gasteiger partial charge in [0.05, 0.1) is 11.5 Å². The number of nitro groups is 1. The fraction of sp³-hybridized carbons (Fsp3) is 0.438. The van der Waals surface area contributed by atoms with Crippen LogP contribution in [0.4, 0.5) is 5.69 Å². The van der Waals surface area contributed by atoms with Crippen molar-refractivity contribution in [2.75, 3.05) is 26.8 Å². The number of benzene rings is 1. The summed E-state index contributed by atoms with van der Waals surface area (Å²) < 4.78 is 5.01. The van der Waals surface area contributed by atoms with Crippen molar-refractivity contribution in [2.45, 2.75) is 19.9 Å². The van der Waals surface area contributed by atoms with Crippen LogP contribution in [0.2, 0.25) is 0 Å². The van der Waals surface area contributed by atoms with Crippen LogP contribution in [-0.4, -0.2) is 37.7 Å². The van der Waals surface area contributed by atoms with Gasteiger partial charge in [-0.15, -0.1) is 24.0 Å². The Labute approximate surface area is 159 Å². The van der Waals surface area contributed by atoms with Crippen molar-refractivity contribution in [3.05, 3.63) is 52.1 Å². The molecule has 2 N–H and O–H groups in total. The van der Waals surface area contributed by atoms with Gasteiger partial charge in [-0.25, -0.2) is 4.99 Å². The Morgan fingerprint density at radius 3 is 2.54 bits per heavy atom. The first-order chi connectivity index (χ1) is 11.0. The largest absolute Gasteiger partial charge is 0.385 e. The summed E-state index contributed by atoms with van der Waals surface area (Å²) in [5, 5.41) is 17.0. The van der Waals surface area contributed by atoms with E-state index in [0.29, 0.717) is 25.7 Å². The van der Waals surface area contributed by atoms with Gasteiger partial charge in [-0.1, -0.05) is 24.3 Å². The number of halogens is 1. The third-order valence-corrected chi connectivity index (χ3v) is 2.94. The zero-order valence-corrected chi connectivity index (χ0v) is 16.4. The molecule has 134 valence electrons. The second-order valence-corrected chi connectivity index (χ2v) is 5.17. The van der Waals surface area contributed by atoms with Crippen molar-refractivity contribution in [3.63, 3.8) is 0 Å². The first-order valence-corrected chi connectivity index (χ1v) is 7.41. The maximum atomic E-state index is 10.6. The summed E-state index contributed by atoms with van der Waals surface area (Å²) in [5.41, 5.74) is 1.99. The van der Waals surface area contributed by atoms with Gasteiger partial charge < -0.3 is 15.4 Å². The predicted octanol–water partition coefficient (Wildman–Crippen LogP) is 2.86. The number of ether oxygens (including phenoxy) is 1. The lowest BCUT2D eigenvalue weighted by atomic mass is 10.2. The van der Waals surface area contributed by atoms with Crippen molar-refractivity contribution < 1.29 is 9.66 Å².